The maximum atomic E-state index is 12.3. The zero-order chi connectivity index (χ0) is 20.8. The van der Waals surface area contributed by atoms with Crippen LogP contribution in [-0.2, 0) is 11.5 Å². The summed E-state index contributed by atoms with van der Waals surface area (Å²) < 4.78 is 11.5. The molecule has 0 radical (unpaired) electrons. The van der Waals surface area contributed by atoms with Gasteiger partial charge in [-0.2, -0.15) is 16.9 Å². The molecule has 1 N–H and O–H groups in total. The van der Waals surface area contributed by atoms with Gasteiger partial charge < -0.3 is 9.47 Å². The lowest BCUT2D eigenvalue weighted by molar-refractivity contribution is 0.0955. The van der Waals surface area contributed by atoms with Crippen LogP contribution in [0, 0.1) is 0 Å². The quantitative estimate of drug-likeness (QED) is 0.363. The molecule has 0 spiro atoms. The normalized spacial score (nSPS) is 12.3. The molecule has 0 aromatic heterocycles. The van der Waals surface area contributed by atoms with Crippen molar-refractivity contribution in [2.45, 2.75) is 11.5 Å². The summed E-state index contributed by atoms with van der Waals surface area (Å²) in [5.41, 5.74) is 6.40. The molecule has 3 aromatic rings. The molecule has 1 heterocycles. The van der Waals surface area contributed by atoms with E-state index in [2.05, 4.69) is 50.7 Å². The van der Waals surface area contributed by atoms with Crippen LogP contribution in [0.4, 0.5) is 0 Å². The first-order valence-corrected chi connectivity index (χ1v) is 11.3. The number of amides is 1. The Labute approximate surface area is 187 Å². The average molecular weight is 483 g/mol. The summed E-state index contributed by atoms with van der Waals surface area (Å²) in [6.07, 6.45) is 1.57. The summed E-state index contributed by atoms with van der Waals surface area (Å²) in [5, 5.41) is 4.05. The molecule has 4 rings (SSSR count). The van der Waals surface area contributed by atoms with Gasteiger partial charge in [0.05, 0.1) is 6.21 Å². The molecule has 1 aliphatic heterocycles. The highest BCUT2D eigenvalue weighted by Gasteiger charge is 2.15. The molecule has 0 fully saturated rings. The summed E-state index contributed by atoms with van der Waals surface area (Å²) in [6, 6.07) is 21.6. The van der Waals surface area contributed by atoms with Crippen LogP contribution in [0.3, 0.4) is 0 Å². The largest absolute Gasteiger partial charge is 0.454 e. The van der Waals surface area contributed by atoms with Gasteiger partial charge in [-0.05, 0) is 51.3 Å². The smallest absolute Gasteiger partial charge is 0.271 e. The van der Waals surface area contributed by atoms with Crippen molar-refractivity contribution >= 4 is 39.8 Å². The van der Waals surface area contributed by atoms with Crippen LogP contribution in [0.1, 0.15) is 27.0 Å². The number of carbonyl (C=O) groups is 1. The Bertz CT molecular complexity index is 1060. The fourth-order valence-corrected chi connectivity index (χ4v) is 4.25. The van der Waals surface area contributed by atoms with E-state index >= 15 is 0 Å². The fraction of sp³-hybridized carbons (Fsp3) is 0.130. The number of ether oxygens (including phenoxy) is 2. The van der Waals surface area contributed by atoms with Crippen molar-refractivity contribution in [2.75, 3.05) is 6.79 Å². The number of benzene rings is 3. The van der Waals surface area contributed by atoms with E-state index in [1.165, 1.54) is 11.1 Å². The first-order chi connectivity index (χ1) is 14.7. The third kappa shape index (κ3) is 5.23. The minimum absolute atomic E-state index is 0.208. The Hall–Kier alpha value is -2.77. The summed E-state index contributed by atoms with van der Waals surface area (Å²) in [6.45, 7) is 0.208. The number of hydrogen-bond donors (Lipinski definition) is 1. The van der Waals surface area contributed by atoms with Crippen LogP contribution in [0.5, 0.6) is 11.5 Å². The number of carbonyl (C=O) groups excluding carboxylic acids is 1. The molecule has 0 unspecified atom stereocenters. The molecule has 0 saturated carbocycles. The van der Waals surface area contributed by atoms with E-state index in [4.69, 9.17) is 9.47 Å². The van der Waals surface area contributed by atoms with Gasteiger partial charge in [0.2, 0.25) is 6.79 Å². The molecule has 0 atom stereocenters. The van der Waals surface area contributed by atoms with E-state index in [1.54, 1.807) is 6.21 Å². The van der Waals surface area contributed by atoms with Crippen LogP contribution >= 0.6 is 27.7 Å². The highest BCUT2D eigenvalue weighted by atomic mass is 79.9. The van der Waals surface area contributed by atoms with Crippen LogP contribution in [0.2, 0.25) is 0 Å². The second kappa shape index (κ2) is 9.82. The summed E-state index contributed by atoms with van der Waals surface area (Å²) in [5.74, 6) is 2.95. The average Bonchev–Trinajstić information content (AvgIpc) is 3.22. The lowest BCUT2D eigenvalue weighted by atomic mass is 10.1. The number of hydrazone groups is 1. The predicted molar refractivity (Wildman–Crippen MR) is 123 cm³/mol. The van der Waals surface area contributed by atoms with E-state index in [1.807, 2.05) is 54.2 Å². The number of rotatable bonds is 7. The molecule has 152 valence electrons. The molecule has 5 nitrogen and oxygen atoms in total. The van der Waals surface area contributed by atoms with Crippen LogP contribution < -0.4 is 14.9 Å². The van der Waals surface area contributed by atoms with Gasteiger partial charge in [0.1, 0.15) is 0 Å². The molecule has 7 heteroatoms. The number of thioether (sulfide) groups is 1. The monoisotopic (exact) mass is 482 g/mol. The maximum Gasteiger partial charge on any atom is 0.271 e. The third-order valence-electron chi connectivity index (χ3n) is 4.46. The van der Waals surface area contributed by atoms with Crippen molar-refractivity contribution in [1.82, 2.24) is 5.43 Å². The second-order valence-electron chi connectivity index (χ2n) is 6.60. The minimum Gasteiger partial charge on any atom is -0.454 e. The molecular weight excluding hydrogens is 464 g/mol. The van der Waals surface area contributed by atoms with E-state index < -0.39 is 0 Å². The van der Waals surface area contributed by atoms with Gasteiger partial charge in [-0.1, -0.05) is 42.5 Å². The highest BCUT2D eigenvalue weighted by molar-refractivity contribution is 9.10. The number of fused-ring (bicyclic) bond motifs is 1. The van der Waals surface area contributed by atoms with Crippen molar-refractivity contribution in [3.05, 3.63) is 93.5 Å². The van der Waals surface area contributed by atoms with E-state index in [9.17, 15) is 4.79 Å². The van der Waals surface area contributed by atoms with Gasteiger partial charge in [-0.15, -0.1) is 0 Å². The zero-order valence-electron chi connectivity index (χ0n) is 16.0. The standard InChI is InChI=1S/C23H19BrN2O3S/c24-20-11-22-21(28-15-29-22)10-19(20)12-25-26-23(27)18-8-6-17(7-9-18)14-30-13-16-4-2-1-3-5-16/h1-12H,13-15H2,(H,26,27)/b25-12-. The molecule has 30 heavy (non-hydrogen) atoms. The Morgan fingerprint density at radius 3 is 2.40 bits per heavy atom. The van der Waals surface area contributed by atoms with E-state index in [0.717, 1.165) is 21.5 Å². The highest BCUT2D eigenvalue weighted by Crippen LogP contribution is 2.36. The van der Waals surface area contributed by atoms with Crippen LogP contribution in [0.25, 0.3) is 0 Å². The van der Waals surface area contributed by atoms with Gasteiger partial charge in [0.15, 0.2) is 11.5 Å². The molecule has 3 aromatic carbocycles. The van der Waals surface area contributed by atoms with Crippen LogP contribution in [0.15, 0.2) is 76.3 Å². The van der Waals surface area contributed by atoms with Gasteiger partial charge in [-0.25, -0.2) is 5.43 Å². The Kier molecular flexibility index (Phi) is 6.71. The van der Waals surface area contributed by atoms with E-state index in [0.29, 0.717) is 17.1 Å². The first kappa shape index (κ1) is 20.5. The molecule has 0 saturated heterocycles. The van der Waals surface area contributed by atoms with Gasteiger partial charge in [-0.3, -0.25) is 4.79 Å². The number of hydrogen-bond acceptors (Lipinski definition) is 5. The molecule has 0 aliphatic carbocycles. The summed E-state index contributed by atoms with van der Waals surface area (Å²) >= 11 is 5.31. The SMILES string of the molecule is O=C(N/N=C\c1cc2c(cc1Br)OCO2)c1ccc(CSCc2ccccc2)cc1. The maximum absolute atomic E-state index is 12.3. The molecular formula is C23H19BrN2O3S. The van der Waals surface area contributed by atoms with Gasteiger partial charge in [0, 0.05) is 27.1 Å². The van der Waals surface area contributed by atoms with Crippen molar-refractivity contribution in [3.63, 3.8) is 0 Å². The van der Waals surface area contributed by atoms with Crippen molar-refractivity contribution in [2.24, 2.45) is 5.10 Å². The molecule has 1 aliphatic rings. The van der Waals surface area contributed by atoms with Crippen LogP contribution in [-0.4, -0.2) is 18.9 Å². The second-order valence-corrected chi connectivity index (χ2v) is 8.44. The summed E-state index contributed by atoms with van der Waals surface area (Å²) in [7, 11) is 0. The molecule has 1 amide bonds. The lowest BCUT2D eigenvalue weighted by Gasteiger charge is -2.05. The topological polar surface area (TPSA) is 59.9 Å². The Morgan fingerprint density at radius 1 is 1.00 bits per heavy atom. The zero-order valence-corrected chi connectivity index (χ0v) is 18.4. The van der Waals surface area contributed by atoms with Crippen molar-refractivity contribution < 1.29 is 14.3 Å². The number of nitrogens with one attached hydrogen (secondary N) is 1. The molecule has 0 bridgehead atoms. The lowest BCUT2D eigenvalue weighted by Crippen LogP contribution is -2.17. The Balaban J connectivity index is 1.29. The predicted octanol–water partition coefficient (Wildman–Crippen LogP) is 5.38. The number of nitrogens with zero attached hydrogens (tertiary/aromatic N) is 1. The van der Waals surface area contributed by atoms with Crippen molar-refractivity contribution in [3.8, 4) is 11.5 Å². The summed E-state index contributed by atoms with van der Waals surface area (Å²) in [4.78, 5) is 12.3. The minimum atomic E-state index is -0.258. The van der Waals surface area contributed by atoms with E-state index in [-0.39, 0.29) is 12.7 Å². The number of halogens is 1. The third-order valence-corrected chi connectivity index (χ3v) is 6.22. The Morgan fingerprint density at radius 2 is 1.67 bits per heavy atom. The van der Waals surface area contributed by atoms with Gasteiger partial charge >= 0.3 is 0 Å². The van der Waals surface area contributed by atoms with Crippen molar-refractivity contribution in [1.29, 1.82) is 0 Å². The fourth-order valence-electron chi connectivity index (χ4n) is 2.87. The first-order valence-electron chi connectivity index (χ1n) is 9.32. The van der Waals surface area contributed by atoms with Gasteiger partial charge in [0.25, 0.3) is 5.91 Å².